The molecule has 1 aromatic heterocycles. The third kappa shape index (κ3) is 7.68. The van der Waals surface area contributed by atoms with E-state index in [0.29, 0.717) is 37.6 Å². The number of aromatic nitrogens is 1. The molecule has 0 unspecified atom stereocenters. The average molecular weight is 482 g/mol. The minimum Gasteiger partial charge on any atom is -0.444 e. The normalized spacial score (nSPS) is 16.5. The van der Waals surface area contributed by atoms with E-state index in [-0.39, 0.29) is 18.5 Å². The third-order valence-electron chi connectivity index (χ3n) is 5.34. The Kier molecular flexibility index (Phi) is 8.64. The van der Waals surface area contributed by atoms with Crippen LogP contribution in [0.15, 0.2) is 59.5 Å². The van der Waals surface area contributed by atoms with Crippen LogP contribution in [0.5, 0.6) is 0 Å². The minimum absolute atomic E-state index is 0.0821. The van der Waals surface area contributed by atoms with Crippen LogP contribution in [-0.4, -0.2) is 78.1 Å². The average Bonchev–Trinajstić information content (AvgIpc) is 3.12. The molecule has 188 valence electrons. The van der Waals surface area contributed by atoms with Crippen molar-refractivity contribution in [2.75, 3.05) is 44.7 Å². The molecule has 10 heteroatoms. The summed E-state index contributed by atoms with van der Waals surface area (Å²) in [7, 11) is 1.81. The Morgan fingerprint density at radius 1 is 1.20 bits per heavy atom. The van der Waals surface area contributed by atoms with Crippen LogP contribution < -0.4 is 16.0 Å². The monoisotopic (exact) mass is 481 g/mol. The van der Waals surface area contributed by atoms with Crippen LogP contribution in [0, 0.1) is 0 Å². The van der Waals surface area contributed by atoms with E-state index in [0.717, 1.165) is 17.9 Å². The Balaban J connectivity index is 1.56. The number of amidine groups is 1. The molecule has 0 saturated carbocycles. The number of pyridine rings is 1. The van der Waals surface area contributed by atoms with Gasteiger partial charge in [0.15, 0.2) is 0 Å². The smallest absolute Gasteiger partial charge is 0.410 e. The van der Waals surface area contributed by atoms with Crippen molar-refractivity contribution in [2.24, 2.45) is 10.8 Å². The quantitative estimate of drug-likeness (QED) is 0.377. The Bertz CT molecular complexity index is 1010. The van der Waals surface area contributed by atoms with Gasteiger partial charge in [0.2, 0.25) is 0 Å². The van der Waals surface area contributed by atoms with E-state index < -0.39 is 5.60 Å². The van der Waals surface area contributed by atoms with Crippen LogP contribution in [0.25, 0.3) is 0 Å². The second kappa shape index (κ2) is 11.7. The summed E-state index contributed by atoms with van der Waals surface area (Å²) in [6.45, 7) is 8.01. The Morgan fingerprint density at radius 3 is 2.57 bits per heavy atom. The predicted octanol–water partition coefficient (Wildman–Crippen LogP) is 2.47. The molecular weight excluding hydrogens is 446 g/mol. The maximum Gasteiger partial charge on any atom is 0.410 e. The molecule has 0 aromatic carbocycles. The number of amides is 2. The number of hydrazone groups is 1. The summed E-state index contributed by atoms with van der Waals surface area (Å²) >= 11 is 0. The van der Waals surface area contributed by atoms with Gasteiger partial charge in [-0.2, -0.15) is 5.10 Å². The van der Waals surface area contributed by atoms with Crippen LogP contribution in [0.3, 0.4) is 0 Å². The molecule has 0 bridgehead atoms. The van der Waals surface area contributed by atoms with Gasteiger partial charge >= 0.3 is 6.09 Å². The summed E-state index contributed by atoms with van der Waals surface area (Å²) in [5.41, 5.74) is 6.61. The van der Waals surface area contributed by atoms with E-state index in [1.165, 1.54) is 6.20 Å². The molecule has 0 radical (unpaired) electrons. The molecule has 0 spiro atoms. The number of likely N-dealkylation sites (N-methyl/N-ethyl adjacent to an activating group) is 1. The number of hydrogen-bond donors (Lipinski definition) is 2. The van der Waals surface area contributed by atoms with Gasteiger partial charge in [0.05, 0.1) is 17.8 Å². The van der Waals surface area contributed by atoms with Crippen LogP contribution in [0.1, 0.15) is 37.6 Å². The highest BCUT2D eigenvalue weighted by Crippen LogP contribution is 2.17. The summed E-state index contributed by atoms with van der Waals surface area (Å²) in [6.07, 6.45) is 12.0. The lowest BCUT2D eigenvalue weighted by Gasteiger charge is -2.36. The molecule has 3 N–H and O–H groups in total. The fraction of sp³-hybridized carbons (Fsp3) is 0.440. The number of carbonyl (C=O) groups is 2. The molecule has 2 heterocycles. The van der Waals surface area contributed by atoms with E-state index in [4.69, 9.17) is 10.5 Å². The second-order valence-electron chi connectivity index (χ2n) is 9.24. The molecule has 1 aliphatic carbocycles. The van der Waals surface area contributed by atoms with Crippen LogP contribution in [0.2, 0.25) is 0 Å². The molecule has 1 saturated heterocycles. The number of nitrogens with one attached hydrogen (secondary N) is 1. The van der Waals surface area contributed by atoms with Crippen molar-refractivity contribution in [2.45, 2.75) is 32.8 Å². The zero-order chi connectivity index (χ0) is 25.4. The van der Waals surface area contributed by atoms with Gasteiger partial charge in [-0.05, 0) is 45.4 Å². The number of nitrogens with two attached hydrogens (primary N) is 1. The van der Waals surface area contributed by atoms with Crippen molar-refractivity contribution in [3.8, 4) is 0 Å². The first-order valence-corrected chi connectivity index (χ1v) is 11.7. The fourth-order valence-electron chi connectivity index (χ4n) is 3.52. The number of piperazine rings is 1. The number of allylic oxidation sites excluding steroid dienone is 5. The molecule has 10 nitrogen and oxygen atoms in total. The lowest BCUT2D eigenvalue weighted by molar-refractivity contribution is 0.0240. The van der Waals surface area contributed by atoms with E-state index in [9.17, 15) is 9.59 Å². The predicted molar refractivity (Wildman–Crippen MR) is 137 cm³/mol. The first-order chi connectivity index (χ1) is 16.7. The number of anilines is 1. The zero-order valence-electron chi connectivity index (χ0n) is 20.9. The standard InChI is InChI=1S/C25H35N7O3/c1-25(2,3)35-24(34)32-15-13-31(14-16-32)22-12-11-19(18-27-22)23(33)28-21(17-26)29-30(4)20-9-7-5-6-8-10-20/h5-7,9-12,18H,8,13-17,26H2,1-4H3,(H,28,29,33). The lowest BCUT2D eigenvalue weighted by atomic mass is 10.2. The van der Waals surface area contributed by atoms with Crippen molar-refractivity contribution in [1.82, 2.24) is 20.2 Å². The SMILES string of the molecule is CN(/N=C(\CN)NC(=O)c1ccc(N2CCN(C(=O)OC(C)(C)C)CC2)nc1)C1=CCC=CC=C1. The van der Waals surface area contributed by atoms with Gasteiger partial charge in [-0.3, -0.25) is 9.80 Å². The summed E-state index contributed by atoms with van der Waals surface area (Å²) in [5, 5.41) is 8.89. The van der Waals surface area contributed by atoms with Gasteiger partial charge in [-0.1, -0.05) is 24.3 Å². The van der Waals surface area contributed by atoms with Crippen LogP contribution in [0.4, 0.5) is 10.6 Å². The number of ether oxygens (including phenoxy) is 1. The van der Waals surface area contributed by atoms with Crippen molar-refractivity contribution in [3.63, 3.8) is 0 Å². The number of carbonyl (C=O) groups excluding carboxylic acids is 2. The highest BCUT2D eigenvalue weighted by atomic mass is 16.6. The maximum absolute atomic E-state index is 12.7. The molecule has 3 rings (SSSR count). The Labute approximate surface area is 206 Å². The van der Waals surface area contributed by atoms with Gasteiger partial charge in [0.1, 0.15) is 17.3 Å². The number of nitrogens with zero attached hydrogens (tertiary/aromatic N) is 5. The zero-order valence-corrected chi connectivity index (χ0v) is 20.9. The maximum atomic E-state index is 12.7. The van der Waals surface area contributed by atoms with Gasteiger partial charge in [0, 0.05) is 39.4 Å². The molecule has 1 aromatic rings. The molecular formula is C25H35N7O3. The van der Waals surface area contributed by atoms with Crippen molar-refractivity contribution < 1.29 is 14.3 Å². The Morgan fingerprint density at radius 2 is 1.94 bits per heavy atom. The topological polar surface area (TPSA) is 116 Å². The molecule has 1 fully saturated rings. The van der Waals surface area contributed by atoms with Crippen LogP contribution in [-0.2, 0) is 4.74 Å². The number of hydrogen-bond acceptors (Lipinski definition) is 8. The minimum atomic E-state index is -0.517. The summed E-state index contributed by atoms with van der Waals surface area (Å²) in [5.74, 6) is 0.772. The van der Waals surface area contributed by atoms with E-state index in [1.807, 2.05) is 58.2 Å². The summed E-state index contributed by atoms with van der Waals surface area (Å²) < 4.78 is 5.44. The second-order valence-corrected chi connectivity index (χ2v) is 9.24. The van der Waals surface area contributed by atoms with Gasteiger partial charge in [-0.15, -0.1) is 0 Å². The molecule has 35 heavy (non-hydrogen) atoms. The van der Waals surface area contributed by atoms with E-state index in [2.05, 4.69) is 20.3 Å². The first-order valence-electron chi connectivity index (χ1n) is 11.7. The van der Waals surface area contributed by atoms with Gasteiger partial charge < -0.3 is 25.6 Å². The van der Waals surface area contributed by atoms with Crippen molar-refractivity contribution in [1.29, 1.82) is 0 Å². The molecule has 0 atom stereocenters. The summed E-state index contributed by atoms with van der Waals surface area (Å²) in [6, 6.07) is 3.52. The number of rotatable bonds is 5. The van der Waals surface area contributed by atoms with E-state index in [1.54, 1.807) is 22.0 Å². The largest absolute Gasteiger partial charge is 0.444 e. The lowest BCUT2D eigenvalue weighted by Crippen LogP contribution is -2.50. The first kappa shape index (κ1) is 26.0. The molecule has 2 amide bonds. The molecule has 1 aliphatic heterocycles. The van der Waals surface area contributed by atoms with Gasteiger partial charge in [-0.25, -0.2) is 9.78 Å². The fourth-order valence-corrected chi connectivity index (χ4v) is 3.52. The molecule has 2 aliphatic rings. The highest BCUT2D eigenvalue weighted by molar-refractivity contribution is 6.06. The third-order valence-corrected chi connectivity index (χ3v) is 5.34. The van der Waals surface area contributed by atoms with Crippen molar-refractivity contribution in [3.05, 3.63) is 60.0 Å². The Hall–Kier alpha value is -3.66. The van der Waals surface area contributed by atoms with Gasteiger partial charge in [0.25, 0.3) is 5.91 Å². The van der Waals surface area contributed by atoms with Crippen molar-refractivity contribution >= 4 is 23.7 Å². The van der Waals surface area contributed by atoms with Crippen LogP contribution >= 0.6 is 0 Å². The van der Waals surface area contributed by atoms with E-state index >= 15 is 0 Å². The summed E-state index contributed by atoms with van der Waals surface area (Å²) in [4.78, 5) is 33.2. The highest BCUT2D eigenvalue weighted by Gasteiger charge is 2.26.